The Hall–Kier alpha value is -2.86. The van der Waals surface area contributed by atoms with Gasteiger partial charge in [0.2, 0.25) is 0 Å². The van der Waals surface area contributed by atoms with Gasteiger partial charge in [-0.3, -0.25) is 18.8 Å². The first-order valence-electron chi connectivity index (χ1n) is 9.86. The summed E-state index contributed by atoms with van der Waals surface area (Å²) in [6.07, 6.45) is 0.882. The lowest BCUT2D eigenvalue weighted by atomic mass is 10.2. The Bertz CT molecular complexity index is 1060. The van der Waals surface area contributed by atoms with E-state index in [4.69, 9.17) is 0 Å². The maximum atomic E-state index is 12.6. The van der Waals surface area contributed by atoms with Crippen molar-refractivity contribution in [2.75, 3.05) is 37.6 Å². The molecule has 1 saturated heterocycles. The molecule has 3 aromatic rings. The van der Waals surface area contributed by atoms with Crippen molar-refractivity contribution in [3.63, 3.8) is 0 Å². The number of aromatic nitrogens is 2. The molecule has 0 spiro atoms. The number of rotatable bonds is 5. The molecular weight excluding hydrogens is 352 g/mol. The molecule has 2 aromatic carbocycles. The molecule has 0 atom stereocenters. The molecule has 1 aliphatic rings. The largest absolute Gasteiger partial charge is 0.369 e. The van der Waals surface area contributed by atoms with Crippen LogP contribution in [0.2, 0.25) is 0 Å². The van der Waals surface area contributed by atoms with Crippen LogP contribution in [0.5, 0.6) is 0 Å². The van der Waals surface area contributed by atoms with Gasteiger partial charge in [0.05, 0.1) is 10.9 Å². The number of fused-ring (bicyclic) bond motifs is 1. The predicted octanol–water partition coefficient (Wildman–Crippen LogP) is 1.91. The minimum absolute atomic E-state index is 0.228. The summed E-state index contributed by atoms with van der Waals surface area (Å²) in [7, 11) is 1.55. The number of aryl methyl sites for hydroxylation is 1. The van der Waals surface area contributed by atoms with Crippen LogP contribution >= 0.6 is 0 Å². The molecule has 0 aliphatic carbocycles. The van der Waals surface area contributed by atoms with Crippen molar-refractivity contribution in [3.8, 4) is 0 Å². The molecule has 28 heavy (non-hydrogen) atoms. The zero-order valence-corrected chi connectivity index (χ0v) is 16.3. The quantitative estimate of drug-likeness (QED) is 0.681. The van der Waals surface area contributed by atoms with Crippen LogP contribution in [0.25, 0.3) is 10.9 Å². The van der Waals surface area contributed by atoms with Gasteiger partial charge in [0.15, 0.2) is 0 Å². The normalized spacial score (nSPS) is 15.2. The summed E-state index contributed by atoms with van der Waals surface area (Å²) >= 11 is 0. The standard InChI is InChI=1S/C22H26N4O2/c1-23-21(27)19-10-5-6-11-20(19)26(22(23)28)13-7-12-24-14-16-25(17-15-24)18-8-3-2-4-9-18/h2-6,8-11H,7,12-17H2,1H3. The third kappa shape index (κ3) is 3.60. The summed E-state index contributed by atoms with van der Waals surface area (Å²) in [5.74, 6) is 0. The first kappa shape index (κ1) is 18.5. The van der Waals surface area contributed by atoms with E-state index < -0.39 is 0 Å². The molecule has 1 aliphatic heterocycles. The van der Waals surface area contributed by atoms with Gasteiger partial charge in [0, 0.05) is 45.5 Å². The number of benzene rings is 2. The molecule has 0 amide bonds. The molecular formula is C22H26N4O2. The number of para-hydroxylation sites is 2. The van der Waals surface area contributed by atoms with Gasteiger partial charge in [0.25, 0.3) is 5.56 Å². The van der Waals surface area contributed by atoms with Crippen LogP contribution in [0.1, 0.15) is 6.42 Å². The Morgan fingerprint density at radius 1 is 0.821 bits per heavy atom. The van der Waals surface area contributed by atoms with Crippen molar-refractivity contribution >= 4 is 16.6 Å². The van der Waals surface area contributed by atoms with E-state index in [0.717, 1.165) is 44.7 Å². The molecule has 0 unspecified atom stereocenters. The van der Waals surface area contributed by atoms with E-state index in [1.165, 1.54) is 10.3 Å². The van der Waals surface area contributed by atoms with Gasteiger partial charge in [-0.25, -0.2) is 4.79 Å². The summed E-state index contributed by atoms with van der Waals surface area (Å²) in [6, 6.07) is 17.9. The van der Waals surface area contributed by atoms with Crippen molar-refractivity contribution < 1.29 is 0 Å². The summed E-state index contributed by atoms with van der Waals surface area (Å²) in [5.41, 5.74) is 1.54. The Balaban J connectivity index is 1.39. The first-order valence-corrected chi connectivity index (χ1v) is 9.86. The number of hydrogen-bond acceptors (Lipinski definition) is 4. The lowest BCUT2D eigenvalue weighted by molar-refractivity contribution is 0.250. The molecule has 0 saturated carbocycles. The smallest absolute Gasteiger partial charge is 0.331 e. The van der Waals surface area contributed by atoms with Gasteiger partial charge < -0.3 is 4.90 Å². The molecule has 6 nitrogen and oxygen atoms in total. The molecule has 0 N–H and O–H groups in total. The van der Waals surface area contributed by atoms with Gasteiger partial charge in [-0.15, -0.1) is 0 Å². The van der Waals surface area contributed by atoms with Gasteiger partial charge in [-0.1, -0.05) is 30.3 Å². The van der Waals surface area contributed by atoms with Crippen LogP contribution in [0.15, 0.2) is 64.2 Å². The second-order valence-corrected chi connectivity index (χ2v) is 7.33. The zero-order valence-electron chi connectivity index (χ0n) is 16.3. The van der Waals surface area contributed by atoms with Crippen molar-refractivity contribution in [2.45, 2.75) is 13.0 Å². The fraction of sp³-hybridized carbons (Fsp3) is 0.364. The third-order valence-electron chi connectivity index (χ3n) is 5.60. The third-order valence-corrected chi connectivity index (χ3v) is 5.60. The van der Waals surface area contributed by atoms with Crippen LogP contribution < -0.4 is 16.1 Å². The van der Waals surface area contributed by atoms with Crippen LogP contribution in [0.3, 0.4) is 0 Å². The van der Waals surface area contributed by atoms with Crippen LogP contribution in [-0.4, -0.2) is 46.8 Å². The summed E-state index contributed by atoms with van der Waals surface area (Å²) in [4.78, 5) is 29.8. The Morgan fingerprint density at radius 2 is 1.50 bits per heavy atom. The number of anilines is 1. The zero-order chi connectivity index (χ0) is 19.5. The average Bonchev–Trinajstić information content (AvgIpc) is 2.75. The van der Waals surface area contributed by atoms with Crippen molar-refractivity contribution in [1.82, 2.24) is 14.0 Å². The second kappa shape index (κ2) is 8.02. The van der Waals surface area contributed by atoms with Crippen molar-refractivity contribution in [1.29, 1.82) is 0 Å². The lowest BCUT2D eigenvalue weighted by Gasteiger charge is -2.36. The molecule has 0 bridgehead atoms. The highest BCUT2D eigenvalue weighted by Gasteiger charge is 2.17. The van der Waals surface area contributed by atoms with E-state index >= 15 is 0 Å². The Kier molecular flexibility index (Phi) is 5.30. The summed E-state index contributed by atoms with van der Waals surface area (Å²) in [5, 5.41) is 0.598. The van der Waals surface area contributed by atoms with Crippen molar-refractivity contribution in [2.24, 2.45) is 7.05 Å². The first-order chi connectivity index (χ1) is 13.6. The number of piperazine rings is 1. The lowest BCUT2D eigenvalue weighted by Crippen LogP contribution is -2.47. The molecule has 1 fully saturated rings. The number of nitrogens with zero attached hydrogens (tertiary/aromatic N) is 4. The van der Waals surface area contributed by atoms with Crippen LogP contribution in [0.4, 0.5) is 5.69 Å². The molecule has 0 radical (unpaired) electrons. The maximum Gasteiger partial charge on any atom is 0.331 e. The van der Waals surface area contributed by atoms with Gasteiger partial charge in [0.1, 0.15) is 0 Å². The van der Waals surface area contributed by atoms with Gasteiger partial charge in [-0.05, 0) is 37.2 Å². The minimum Gasteiger partial charge on any atom is -0.369 e. The molecule has 2 heterocycles. The van der Waals surface area contributed by atoms with E-state index in [1.54, 1.807) is 17.7 Å². The molecule has 6 heteroatoms. The molecule has 4 rings (SSSR count). The Labute approximate surface area is 164 Å². The highest BCUT2D eigenvalue weighted by Crippen LogP contribution is 2.15. The van der Waals surface area contributed by atoms with Crippen LogP contribution in [-0.2, 0) is 13.6 Å². The topological polar surface area (TPSA) is 50.5 Å². The minimum atomic E-state index is -0.238. The maximum absolute atomic E-state index is 12.6. The van der Waals surface area contributed by atoms with Gasteiger partial charge >= 0.3 is 5.69 Å². The number of hydrogen-bond donors (Lipinski definition) is 0. The van der Waals surface area contributed by atoms with E-state index in [9.17, 15) is 9.59 Å². The Morgan fingerprint density at radius 3 is 2.25 bits per heavy atom. The van der Waals surface area contributed by atoms with Gasteiger partial charge in [-0.2, -0.15) is 0 Å². The van der Waals surface area contributed by atoms with E-state index in [-0.39, 0.29) is 11.2 Å². The monoisotopic (exact) mass is 378 g/mol. The molecule has 1 aromatic heterocycles. The molecule has 146 valence electrons. The van der Waals surface area contributed by atoms with Crippen LogP contribution in [0, 0.1) is 0 Å². The summed E-state index contributed by atoms with van der Waals surface area (Å²) < 4.78 is 2.94. The second-order valence-electron chi connectivity index (χ2n) is 7.33. The van der Waals surface area contributed by atoms with E-state index in [1.807, 2.05) is 24.3 Å². The fourth-order valence-electron chi connectivity index (χ4n) is 3.98. The van der Waals surface area contributed by atoms with Crippen molar-refractivity contribution in [3.05, 3.63) is 75.4 Å². The van der Waals surface area contributed by atoms with E-state index in [0.29, 0.717) is 11.9 Å². The highest BCUT2D eigenvalue weighted by molar-refractivity contribution is 5.77. The average molecular weight is 378 g/mol. The fourth-order valence-corrected chi connectivity index (χ4v) is 3.98. The predicted molar refractivity (Wildman–Crippen MR) is 113 cm³/mol. The summed E-state index contributed by atoms with van der Waals surface area (Å²) in [6.45, 7) is 5.66. The highest BCUT2D eigenvalue weighted by atomic mass is 16.2. The SMILES string of the molecule is Cn1c(=O)c2ccccc2n(CCCN2CCN(c3ccccc3)CC2)c1=O. The van der Waals surface area contributed by atoms with E-state index in [2.05, 4.69) is 34.1 Å².